The van der Waals surface area contributed by atoms with Crippen LogP contribution in [0.1, 0.15) is 57.8 Å². The molecule has 1 aromatic rings. The monoisotopic (exact) mass is 411 g/mol. The molecule has 0 radical (unpaired) electrons. The number of amides is 1. The predicted octanol–water partition coefficient (Wildman–Crippen LogP) is 4.21. The first-order valence-electron chi connectivity index (χ1n) is 8.80. The van der Waals surface area contributed by atoms with Gasteiger partial charge in [0.15, 0.2) is 0 Å². The van der Waals surface area contributed by atoms with Crippen molar-refractivity contribution < 1.29 is 19.4 Å². The molecule has 1 saturated heterocycles. The largest absolute Gasteiger partial charge is 0.485 e. The molecule has 3 rings (SSSR count). The number of aliphatic hydroxyl groups excluding tert-OH is 1. The van der Waals surface area contributed by atoms with E-state index >= 15 is 0 Å². The molecule has 5 nitrogen and oxygen atoms in total. The summed E-state index contributed by atoms with van der Waals surface area (Å²) in [6.45, 7) is 8.67. The zero-order valence-corrected chi connectivity index (χ0v) is 16.9. The lowest BCUT2D eigenvalue weighted by Crippen LogP contribution is -2.45. The number of hydrogen-bond donors (Lipinski definition) is 1. The van der Waals surface area contributed by atoms with Crippen molar-refractivity contribution >= 4 is 22.0 Å². The molecule has 0 aliphatic carbocycles. The average Bonchev–Trinajstić information content (AvgIpc) is 2.89. The van der Waals surface area contributed by atoms with E-state index in [4.69, 9.17) is 9.47 Å². The van der Waals surface area contributed by atoms with E-state index in [-0.39, 0.29) is 6.09 Å². The number of ether oxygens (including phenoxy) is 2. The Bertz CT molecular complexity index is 685. The molecular formula is C19H26BrNO4. The molecule has 2 atom stereocenters. The van der Waals surface area contributed by atoms with Gasteiger partial charge in [-0.1, -0.05) is 22.9 Å². The van der Waals surface area contributed by atoms with Gasteiger partial charge in [0, 0.05) is 29.4 Å². The maximum absolute atomic E-state index is 12.4. The van der Waals surface area contributed by atoms with Crippen LogP contribution >= 0.6 is 15.9 Å². The van der Waals surface area contributed by atoms with E-state index < -0.39 is 17.3 Å². The lowest BCUT2D eigenvalue weighted by Gasteiger charge is -2.39. The number of benzene rings is 1. The summed E-state index contributed by atoms with van der Waals surface area (Å²) in [5.74, 6) is 0.774. The van der Waals surface area contributed by atoms with Crippen molar-refractivity contribution in [3.8, 4) is 5.75 Å². The van der Waals surface area contributed by atoms with Crippen LogP contribution in [0.3, 0.4) is 0 Å². The summed E-state index contributed by atoms with van der Waals surface area (Å²) in [7, 11) is 0. The molecule has 0 saturated carbocycles. The van der Waals surface area contributed by atoms with E-state index in [9.17, 15) is 9.90 Å². The first-order chi connectivity index (χ1) is 11.6. The summed E-state index contributed by atoms with van der Waals surface area (Å²) in [5, 5.41) is 10.7. The van der Waals surface area contributed by atoms with E-state index in [0.717, 1.165) is 27.8 Å². The quantitative estimate of drug-likeness (QED) is 0.751. The van der Waals surface area contributed by atoms with Crippen molar-refractivity contribution in [1.82, 2.24) is 4.90 Å². The van der Waals surface area contributed by atoms with E-state index in [2.05, 4.69) is 22.9 Å². The average molecular weight is 412 g/mol. The van der Waals surface area contributed by atoms with Gasteiger partial charge < -0.3 is 19.5 Å². The fourth-order valence-corrected chi connectivity index (χ4v) is 4.13. The molecule has 1 N–H and O–H groups in total. The highest BCUT2D eigenvalue weighted by Crippen LogP contribution is 2.46. The van der Waals surface area contributed by atoms with Crippen molar-refractivity contribution in [2.75, 3.05) is 13.1 Å². The molecule has 0 aromatic heterocycles. The Morgan fingerprint density at radius 2 is 2.20 bits per heavy atom. The van der Waals surface area contributed by atoms with Crippen LogP contribution in [0.4, 0.5) is 4.79 Å². The molecule has 25 heavy (non-hydrogen) atoms. The van der Waals surface area contributed by atoms with Crippen molar-refractivity contribution in [2.45, 2.75) is 64.3 Å². The van der Waals surface area contributed by atoms with Gasteiger partial charge in [0.1, 0.15) is 17.0 Å². The van der Waals surface area contributed by atoms with Crippen LogP contribution < -0.4 is 4.74 Å². The van der Waals surface area contributed by atoms with Crippen molar-refractivity contribution in [1.29, 1.82) is 0 Å². The molecule has 2 heterocycles. The number of rotatable bonds is 1. The van der Waals surface area contributed by atoms with Crippen LogP contribution in [0, 0.1) is 0 Å². The van der Waals surface area contributed by atoms with Gasteiger partial charge in [-0.2, -0.15) is 0 Å². The summed E-state index contributed by atoms with van der Waals surface area (Å²) in [5.41, 5.74) is 0.834. The van der Waals surface area contributed by atoms with Gasteiger partial charge >= 0.3 is 6.09 Å². The minimum atomic E-state index is -0.592. The Balaban J connectivity index is 1.83. The van der Waals surface area contributed by atoms with E-state index in [1.807, 2.05) is 32.9 Å². The highest BCUT2D eigenvalue weighted by Gasteiger charge is 2.48. The lowest BCUT2D eigenvalue weighted by atomic mass is 9.87. The molecule has 1 amide bonds. The second-order valence-electron chi connectivity index (χ2n) is 7.99. The number of nitrogens with zero attached hydrogens (tertiary/aromatic N) is 1. The number of aryl methyl sites for hydroxylation is 1. The minimum absolute atomic E-state index is 0.320. The Kier molecular flexibility index (Phi) is 4.79. The molecule has 2 unspecified atom stereocenters. The molecule has 2 aliphatic heterocycles. The first-order valence-corrected chi connectivity index (χ1v) is 9.59. The number of carbonyl (C=O) groups is 1. The Morgan fingerprint density at radius 3 is 2.84 bits per heavy atom. The summed E-state index contributed by atoms with van der Waals surface area (Å²) in [4.78, 5) is 14.0. The van der Waals surface area contributed by atoms with Gasteiger partial charge in [-0.15, -0.1) is 0 Å². The number of hydrogen-bond acceptors (Lipinski definition) is 4. The SMILES string of the molecule is CCc1cc(Br)cc2c1OC1(CCN(C(=O)OC(C)(C)C)C1)CC2O. The van der Waals surface area contributed by atoms with E-state index in [1.165, 1.54) is 0 Å². The van der Waals surface area contributed by atoms with Crippen LogP contribution in [0.2, 0.25) is 0 Å². The normalized spacial score (nSPS) is 25.7. The summed E-state index contributed by atoms with van der Waals surface area (Å²) in [6.07, 6.45) is 1.09. The minimum Gasteiger partial charge on any atom is -0.485 e. The first kappa shape index (κ1) is 18.5. The van der Waals surface area contributed by atoms with E-state index in [1.54, 1.807) is 4.90 Å². The fourth-order valence-electron chi connectivity index (χ4n) is 3.61. The lowest BCUT2D eigenvalue weighted by molar-refractivity contribution is -0.0137. The molecule has 1 spiro atoms. The second kappa shape index (κ2) is 6.47. The summed E-state index contributed by atoms with van der Waals surface area (Å²) < 4.78 is 12.8. The van der Waals surface area contributed by atoms with Crippen molar-refractivity contribution in [2.24, 2.45) is 0 Å². The van der Waals surface area contributed by atoms with Crippen LogP contribution in [0.15, 0.2) is 16.6 Å². The molecule has 1 aromatic carbocycles. The smallest absolute Gasteiger partial charge is 0.410 e. The van der Waals surface area contributed by atoms with Gasteiger partial charge in [-0.05, 0) is 44.9 Å². The van der Waals surface area contributed by atoms with Crippen LogP contribution in [0.5, 0.6) is 5.75 Å². The molecule has 0 bridgehead atoms. The number of fused-ring (bicyclic) bond motifs is 1. The number of likely N-dealkylation sites (tertiary alicyclic amines) is 1. The zero-order chi connectivity index (χ0) is 18.4. The number of halogens is 1. The molecule has 1 fully saturated rings. The highest BCUT2D eigenvalue weighted by atomic mass is 79.9. The number of aliphatic hydroxyl groups is 1. The third-order valence-electron chi connectivity index (χ3n) is 4.75. The fraction of sp³-hybridized carbons (Fsp3) is 0.632. The molecule has 6 heteroatoms. The summed E-state index contributed by atoms with van der Waals surface area (Å²) >= 11 is 3.50. The van der Waals surface area contributed by atoms with Crippen LogP contribution in [-0.2, 0) is 11.2 Å². The molecule has 138 valence electrons. The van der Waals surface area contributed by atoms with Gasteiger partial charge in [-0.3, -0.25) is 0 Å². The Hall–Kier alpha value is -1.27. The van der Waals surface area contributed by atoms with E-state index in [0.29, 0.717) is 25.9 Å². The van der Waals surface area contributed by atoms with Gasteiger partial charge in [0.25, 0.3) is 0 Å². The number of carbonyl (C=O) groups excluding carboxylic acids is 1. The van der Waals surface area contributed by atoms with Crippen molar-refractivity contribution in [3.63, 3.8) is 0 Å². The maximum Gasteiger partial charge on any atom is 0.410 e. The standard InChI is InChI=1S/C19H26BrNO4/c1-5-12-8-13(20)9-14-15(22)10-19(24-16(12)14)6-7-21(11-19)17(23)25-18(2,3)4/h8-9,15,22H,5-7,10-11H2,1-4H3. The second-order valence-corrected chi connectivity index (χ2v) is 8.91. The van der Waals surface area contributed by atoms with Crippen LogP contribution in [0.25, 0.3) is 0 Å². The third-order valence-corrected chi connectivity index (χ3v) is 5.21. The van der Waals surface area contributed by atoms with Crippen molar-refractivity contribution in [3.05, 3.63) is 27.7 Å². The zero-order valence-electron chi connectivity index (χ0n) is 15.3. The maximum atomic E-state index is 12.4. The predicted molar refractivity (Wildman–Crippen MR) is 98.9 cm³/mol. The summed E-state index contributed by atoms with van der Waals surface area (Å²) in [6, 6.07) is 3.96. The van der Waals surface area contributed by atoms with Gasteiger partial charge in [0.05, 0.1) is 12.6 Å². The van der Waals surface area contributed by atoms with Gasteiger partial charge in [0.2, 0.25) is 0 Å². The van der Waals surface area contributed by atoms with Gasteiger partial charge in [-0.25, -0.2) is 4.79 Å². The molecule has 2 aliphatic rings. The third kappa shape index (κ3) is 3.80. The Morgan fingerprint density at radius 1 is 1.48 bits per heavy atom. The Labute approximate surface area is 157 Å². The topological polar surface area (TPSA) is 59.0 Å². The van der Waals surface area contributed by atoms with Crippen LogP contribution in [-0.4, -0.2) is 40.4 Å². The molecular weight excluding hydrogens is 386 g/mol. The highest BCUT2D eigenvalue weighted by molar-refractivity contribution is 9.10.